The highest BCUT2D eigenvalue weighted by molar-refractivity contribution is 5.89. The van der Waals surface area contributed by atoms with Gasteiger partial charge in [-0.15, -0.1) is 0 Å². The number of methoxy groups -OCH3 is 2. The van der Waals surface area contributed by atoms with E-state index in [4.69, 9.17) is 14.2 Å². The third-order valence-electron chi connectivity index (χ3n) is 3.52. The number of amides is 1. The molecule has 0 radical (unpaired) electrons. The van der Waals surface area contributed by atoms with Crippen LogP contribution in [0.5, 0.6) is 11.5 Å². The molecule has 1 amide bonds. The summed E-state index contributed by atoms with van der Waals surface area (Å²) in [6.07, 6.45) is 2.83. The SMILES string of the molecule is COc1cc(/C=C/C(=O)OCC(=O)N[C@H](C)C(C)C)cc(OC)c1. The molecule has 0 saturated heterocycles. The van der Waals surface area contributed by atoms with Crippen molar-refractivity contribution in [1.29, 1.82) is 0 Å². The summed E-state index contributed by atoms with van der Waals surface area (Å²) < 4.78 is 15.2. The maximum atomic E-state index is 11.7. The van der Waals surface area contributed by atoms with Crippen LogP contribution >= 0.6 is 0 Å². The van der Waals surface area contributed by atoms with Crippen molar-refractivity contribution in [3.8, 4) is 11.5 Å². The number of carbonyl (C=O) groups is 2. The molecule has 24 heavy (non-hydrogen) atoms. The molecule has 0 aromatic heterocycles. The first-order valence-corrected chi connectivity index (χ1v) is 7.73. The van der Waals surface area contributed by atoms with Crippen LogP contribution in [-0.4, -0.2) is 38.7 Å². The van der Waals surface area contributed by atoms with Gasteiger partial charge >= 0.3 is 5.97 Å². The molecule has 1 rings (SSSR count). The van der Waals surface area contributed by atoms with E-state index in [1.54, 1.807) is 38.5 Å². The molecule has 132 valence electrons. The van der Waals surface area contributed by atoms with Gasteiger partial charge in [0.05, 0.1) is 14.2 Å². The Balaban J connectivity index is 2.56. The van der Waals surface area contributed by atoms with Crippen LogP contribution in [-0.2, 0) is 14.3 Å². The first-order valence-electron chi connectivity index (χ1n) is 7.73. The normalized spacial score (nSPS) is 12.1. The van der Waals surface area contributed by atoms with E-state index in [1.165, 1.54) is 6.08 Å². The van der Waals surface area contributed by atoms with Crippen molar-refractivity contribution in [1.82, 2.24) is 5.32 Å². The minimum atomic E-state index is -0.593. The topological polar surface area (TPSA) is 73.9 Å². The van der Waals surface area contributed by atoms with Crippen molar-refractivity contribution in [3.63, 3.8) is 0 Å². The molecule has 0 heterocycles. The minimum Gasteiger partial charge on any atom is -0.497 e. The van der Waals surface area contributed by atoms with Crippen molar-refractivity contribution in [2.45, 2.75) is 26.8 Å². The largest absolute Gasteiger partial charge is 0.497 e. The number of nitrogens with one attached hydrogen (secondary N) is 1. The van der Waals surface area contributed by atoms with E-state index in [0.717, 1.165) is 5.56 Å². The molecule has 0 aliphatic carbocycles. The monoisotopic (exact) mass is 335 g/mol. The van der Waals surface area contributed by atoms with E-state index < -0.39 is 5.97 Å². The molecule has 6 heteroatoms. The molecule has 0 spiro atoms. The molecule has 0 aliphatic rings. The summed E-state index contributed by atoms with van der Waals surface area (Å²) in [6, 6.07) is 5.26. The van der Waals surface area contributed by atoms with Gasteiger partial charge in [0.25, 0.3) is 5.91 Å². The second kappa shape index (κ2) is 9.60. The molecule has 0 fully saturated rings. The number of ether oxygens (including phenoxy) is 3. The van der Waals surface area contributed by atoms with Crippen LogP contribution < -0.4 is 14.8 Å². The van der Waals surface area contributed by atoms with Gasteiger partial charge in [0.1, 0.15) is 11.5 Å². The Kier molecular flexibility index (Phi) is 7.82. The van der Waals surface area contributed by atoms with E-state index >= 15 is 0 Å². The van der Waals surface area contributed by atoms with Crippen LogP contribution in [0.25, 0.3) is 6.08 Å². The van der Waals surface area contributed by atoms with Crippen molar-refractivity contribution >= 4 is 18.0 Å². The molecule has 0 aliphatic heterocycles. The number of benzene rings is 1. The van der Waals surface area contributed by atoms with Crippen molar-refractivity contribution in [2.75, 3.05) is 20.8 Å². The number of hydrogen-bond donors (Lipinski definition) is 1. The average Bonchev–Trinajstić information content (AvgIpc) is 2.57. The van der Waals surface area contributed by atoms with Crippen molar-refractivity contribution in [2.24, 2.45) is 5.92 Å². The minimum absolute atomic E-state index is 0.0241. The molecule has 6 nitrogen and oxygen atoms in total. The smallest absolute Gasteiger partial charge is 0.331 e. The number of rotatable bonds is 8. The number of hydrogen-bond acceptors (Lipinski definition) is 5. The molecule has 0 saturated carbocycles. The van der Waals surface area contributed by atoms with E-state index in [2.05, 4.69) is 5.32 Å². The fraction of sp³-hybridized carbons (Fsp3) is 0.444. The second-order valence-corrected chi connectivity index (χ2v) is 5.69. The Morgan fingerprint density at radius 1 is 1.08 bits per heavy atom. The summed E-state index contributed by atoms with van der Waals surface area (Å²) in [5, 5.41) is 2.77. The van der Waals surface area contributed by atoms with E-state index in [9.17, 15) is 9.59 Å². The summed E-state index contributed by atoms with van der Waals surface area (Å²) in [5.74, 6) is 0.631. The Morgan fingerprint density at radius 2 is 1.67 bits per heavy atom. The molecule has 0 bridgehead atoms. The number of carbonyl (C=O) groups excluding carboxylic acids is 2. The van der Waals surface area contributed by atoms with Gasteiger partial charge in [-0.2, -0.15) is 0 Å². The van der Waals surface area contributed by atoms with E-state index in [1.807, 2.05) is 20.8 Å². The Hall–Kier alpha value is -2.50. The summed E-state index contributed by atoms with van der Waals surface area (Å²) in [6.45, 7) is 5.60. The lowest BCUT2D eigenvalue weighted by atomic mass is 10.1. The van der Waals surface area contributed by atoms with Crippen LogP contribution in [0.1, 0.15) is 26.3 Å². The van der Waals surface area contributed by atoms with Crippen LogP contribution in [0.3, 0.4) is 0 Å². The fourth-order valence-electron chi connectivity index (χ4n) is 1.74. The third-order valence-corrected chi connectivity index (χ3v) is 3.52. The Labute approximate surface area is 142 Å². The second-order valence-electron chi connectivity index (χ2n) is 5.69. The fourth-order valence-corrected chi connectivity index (χ4v) is 1.74. The summed E-state index contributed by atoms with van der Waals surface area (Å²) in [5.41, 5.74) is 0.723. The standard InChI is InChI=1S/C18H25NO5/c1-12(2)13(3)19-17(20)11-24-18(21)7-6-14-8-15(22-4)10-16(9-14)23-5/h6-10,12-13H,11H2,1-5H3,(H,19,20)/b7-6+/t13-/m1/s1. The summed E-state index contributed by atoms with van der Waals surface area (Å²) >= 11 is 0. The summed E-state index contributed by atoms with van der Waals surface area (Å²) in [7, 11) is 3.10. The molecule has 1 atom stereocenters. The molecular formula is C18H25NO5. The lowest BCUT2D eigenvalue weighted by Crippen LogP contribution is -2.38. The van der Waals surface area contributed by atoms with Gasteiger partial charge in [-0.1, -0.05) is 13.8 Å². The van der Waals surface area contributed by atoms with Gasteiger partial charge < -0.3 is 19.5 Å². The maximum Gasteiger partial charge on any atom is 0.331 e. The highest BCUT2D eigenvalue weighted by atomic mass is 16.5. The average molecular weight is 335 g/mol. The molecule has 1 N–H and O–H groups in total. The van der Waals surface area contributed by atoms with Crippen molar-refractivity contribution < 1.29 is 23.8 Å². The first kappa shape index (κ1) is 19.5. The Morgan fingerprint density at radius 3 is 2.17 bits per heavy atom. The van der Waals surface area contributed by atoms with Crippen LogP contribution in [0.4, 0.5) is 0 Å². The molecule has 0 unspecified atom stereocenters. The maximum absolute atomic E-state index is 11.7. The quantitative estimate of drug-likeness (QED) is 0.583. The van der Waals surface area contributed by atoms with E-state index in [0.29, 0.717) is 17.4 Å². The van der Waals surface area contributed by atoms with Gasteiger partial charge in [-0.3, -0.25) is 4.79 Å². The van der Waals surface area contributed by atoms with Crippen molar-refractivity contribution in [3.05, 3.63) is 29.8 Å². The van der Waals surface area contributed by atoms with Gasteiger partial charge in [-0.25, -0.2) is 4.79 Å². The lowest BCUT2D eigenvalue weighted by Gasteiger charge is -2.16. The van der Waals surface area contributed by atoms with Gasteiger partial charge in [0, 0.05) is 18.2 Å². The predicted molar refractivity (Wildman–Crippen MR) is 92.0 cm³/mol. The lowest BCUT2D eigenvalue weighted by molar-refractivity contribution is -0.144. The van der Waals surface area contributed by atoms with E-state index in [-0.39, 0.29) is 18.6 Å². The van der Waals surface area contributed by atoms with Gasteiger partial charge in [0.2, 0.25) is 0 Å². The highest BCUT2D eigenvalue weighted by Gasteiger charge is 2.11. The van der Waals surface area contributed by atoms with Crippen LogP contribution in [0.15, 0.2) is 24.3 Å². The van der Waals surface area contributed by atoms with Gasteiger partial charge in [0.15, 0.2) is 6.61 Å². The predicted octanol–water partition coefficient (Wildman–Crippen LogP) is 2.42. The Bertz CT molecular complexity index is 573. The first-order chi connectivity index (χ1) is 11.3. The zero-order chi connectivity index (χ0) is 18.1. The van der Waals surface area contributed by atoms with Crippen LogP contribution in [0.2, 0.25) is 0 Å². The zero-order valence-electron chi connectivity index (χ0n) is 14.8. The highest BCUT2D eigenvalue weighted by Crippen LogP contribution is 2.23. The third kappa shape index (κ3) is 6.73. The molecule has 1 aromatic rings. The number of esters is 1. The zero-order valence-corrected chi connectivity index (χ0v) is 14.8. The molecule has 1 aromatic carbocycles. The molecular weight excluding hydrogens is 310 g/mol. The van der Waals surface area contributed by atoms with Gasteiger partial charge in [-0.05, 0) is 36.6 Å². The summed E-state index contributed by atoms with van der Waals surface area (Å²) in [4.78, 5) is 23.4. The van der Waals surface area contributed by atoms with Crippen LogP contribution in [0, 0.1) is 5.92 Å².